The number of amides is 2. The van der Waals surface area contributed by atoms with Crippen LogP contribution in [-0.2, 0) is 4.79 Å². The molecule has 0 unspecified atom stereocenters. The number of carbonyl (C=O) groups is 2. The summed E-state index contributed by atoms with van der Waals surface area (Å²) in [6, 6.07) is -0.458. The number of amidine groups is 1. The number of carboxylic acid groups (broad SMARTS) is 1. The molecule has 2 aliphatic rings. The molecule has 17 heavy (non-hydrogen) atoms. The molecule has 1 fully saturated rings. The van der Waals surface area contributed by atoms with Crippen molar-refractivity contribution in [2.24, 2.45) is 4.99 Å². The van der Waals surface area contributed by atoms with Gasteiger partial charge < -0.3 is 15.1 Å². The molecule has 1 saturated heterocycles. The molecule has 0 spiro atoms. The van der Waals surface area contributed by atoms with E-state index < -0.39 is 12.1 Å². The summed E-state index contributed by atoms with van der Waals surface area (Å²) in [7, 11) is 0. The van der Waals surface area contributed by atoms with E-state index in [1.807, 2.05) is 4.90 Å². The third-order valence-corrected chi connectivity index (χ3v) is 3.75. The maximum absolute atomic E-state index is 11.0. The summed E-state index contributed by atoms with van der Waals surface area (Å²) >= 11 is 1.36. The average Bonchev–Trinajstić information content (AvgIpc) is 2.75. The van der Waals surface area contributed by atoms with E-state index in [0.29, 0.717) is 30.6 Å². The van der Waals surface area contributed by atoms with E-state index in [4.69, 9.17) is 5.11 Å². The van der Waals surface area contributed by atoms with Crippen LogP contribution in [0.4, 0.5) is 4.79 Å². The molecule has 94 valence electrons. The maximum atomic E-state index is 11.0. The van der Waals surface area contributed by atoms with Gasteiger partial charge in [-0.05, 0) is 0 Å². The lowest BCUT2D eigenvalue weighted by Crippen LogP contribution is -2.57. The van der Waals surface area contributed by atoms with Crippen molar-refractivity contribution in [2.45, 2.75) is 6.04 Å². The Labute approximate surface area is 102 Å². The first-order chi connectivity index (χ1) is 8.11. The molecule has 1 atom stereocenters. The van der Waals surface area contributed by atoms with Crippen molar-refractivity contribution in [3.8, 4) is 0 Å². The lowest BCUT2D eigenvalue weighted by Gasteiger charge is -2.39. The number of piperazine rings is 1. The minimum absolute atomic E-state index is 0.161. The molecular weight excluding hydrogens is 246 g/mol. The highest BCUT2D eigenvalue weighted by Crippen LogP contribution is 2.20. The normalized spacial score (nSPS) is 25.1. The number of aliphatic imine (C=N–C) groups is 1. The van der Waals surface area contributed by atoms with E-state index in [9.17, 15) is 14.7 Å². The van der Waals surface area contributed by atoms with Gasteiger partial charge in [-0.25, -0.2) is 4.79 Å². The highest BCUT2D eigenvalue weighted by atomic mass is 32.2. The van der Waals surface area contributed by atoms with Crippen molar-refractivity contribution in [3.05, 3.63) is 0 Å². The summed E-state index contributed by atoms with van der Waals surface area (Å²) in [5.74, 6) is 0.185. The first-order valence-corrected chi connectivity index (χ1v) is 6.20. The summed E-state index contributed by atoms with van der Waals surface area (Å²) in [6.45, 7) is 0.965. The van der Waals surface area contributed by atoms with E-state index in [1.54, 1.807) is 0 Å². The van der Waals surface area contributed by atoms with E-state index in [0.717, 1.165) is 0 Å². The van der Waals surface area contributed by atoms with Gasteiger partial charge in [0.2, 0.25) is 0 Å². The van der Waals surface area contributed by atoms with Gasteiger partial charge in [0, 0.05) is 19.6 Å². The molecule has 0 saturated carbocycles. The van der Waals surface area contributed by atoms with Crippen LogP contribution in [0.15, 0.2) is 4.99 Å². The molecule has 2 rings (SSSR count). The van der Waals surface area contributed by atoms with E-state index in [1.165, 1.54) is 16.7 Å². The van der Waals surface area contributed by atoms with Gasteiger partial charge >= 0.3 is 6.09 Å². The third-order valence-electron chi connectivity index (χ3n) is 2.75. The molecule has 0 aliphatic carbocycles. The monoisotopic (exact) mass is 259 g/mol. The quantitative estimate of drug-likeness (QED) is 0.645. The lowest BCUT2D eigenvalue weighted by atomic mass is 10.2. The van der Waals surface area contributed by atoms with Crippen molar-refractivity contribution >= 4 is 28.9 Å². The van der Waals surface area contributed by atoms with Crippen molar-refractivity contribution in [3.63, 3.8) is 0 Å². The van der Waals surface area contributed by atoms with Crippen LogP contribution < -0.4 is 0 Å². The number of aliphatic hydroxyl groups excluding tert-OH is 1. The summed E-state index contributed by atoms with van der Waals surface area (Å²) < 4.78 is 0. The van der Waals surface area contributed by atoms with Gasteiger partial charge in [0.25, 0.3) is 5.91 Å². The van der Waals surface area contributed by atoms with Gasteiger partial charge in [0.1, 0.15) is 0 Å². The van der Waals surface area contributed by atoms with Crippen LogP contribution in [0.25, 0.3) is 0 Å². The largest absolute Gasteiger partial charge is 0.465 e. The van der Waals surface area contributed by atoms with Gasteiger partial charge in [0.15, 0.2) is 5.17 Å². The van der Waals surface area contributed by atoms with E-state index in [2.05, 4.69) is 4.99 Å². The number of rotatable bonds is 1. The van der Waals surface area contributed by atoms with Gasteiger partial charge in [-0.3, -0.25) is 9.69 Å². The van der Waals surface area contributed by atoms with Crippen molar-refractivity contribution in [1.82, 2.24) is 9.80 Å². The summed E-state index contributed by atoms with van der Waals surface area (Å²) in [4.78, 5) is 28.9. The molecule has 8 heteroatoms. The predicted octanol–water partition coefficient (Wildman–Crippen LogP) is -0.728. The number of hydrogen-bond donors (Lipinski definition) is 2. The zero-order chi connectivity index (χ0) is 12.4. The molecule has 0 aromatic rings. The van der Waals surface area contributed by atoms with Crippen LogP contribution in [0, 0.1) is 0 Å². The summed E-state index contributed by atoms with van der Waals surface area (Å²) in [5, 5.41) is 18.8. The van der Waals surface area contributed by atoms with Gasteiger partial charge in [-0.15, -0.1) is 0 Å². The van der Waals surface area contributed by atoms with Crippen LogP contribution >= 0.6 is 11.8 Å². The summed E-state index contributed by atoms with van der Waals surface area (Å²) in [5.41, 5.74) is 0. The van der Waals surface area contributed by atoms with E-state index >= 15 is 0 Å². The molecule has 2 aliphatic heterocycles. The minimum Gasteiger partial charge on any atom is -0.465 e. The second-order valence-electron chi connectivity index (χ2n) is 3.84. The second kappa shape index (κ2) is 4.92. The first kappa shape index (κ1) is 12.2. The Morgan fingerprint density at radius 2 is 2.29 bits per heavy atom. The summed E-state index contributed by atoms with van der Waals surface area (Å²) in [6.07, 6.45) is -1.03. The van der Waals surface area contributed by atoms with Gasteiger partial charge in [-0.2, -0.15) is 4.99 Å². The molecule has 0 aromatic heterocycles. The Morgan fingerprint density at radius 3 is 2.82 bits per heavy atom. The number of carbonyl (C=O) groups excluding carboxylic acids is 1. The fourth-order valence-corrected chi connectivity index (χ4v) is 2.73. The van der Waals surface area contributed by atoms with Crippen LogP contribution in [0.1, 0.15) is 0 Å². The Kier molecular flexibility index (Phi) is 3.53. The van der Waals surface area contributed by atoms with Crippen LogP contribution in [0.2, 0.25) is 0 Å². The smallest absolute Gasteiger partial charge is 0.407 e. The second-order valence-corrected chi connectivity index (χ2v) is 4.78. The molecule has 2 amide bonds. The fraction of sp³-hybridized carbons (Fsp3) is 0.667. The SMILES string of the molecule is O=C1CSC(N2CCN(C(=O)O)[C@@H](CO)C2)=N1. The molecular formula is C9H13N3O4S. The van der Waals surface area contributed by atoms with Crippen molar-refractivity contribution < 1.29 is 19.8 Å². The standard InChI is InChI=1S/C9H13N3O4S/c13-4-6-3-11(1-2-12(6)9(15)16)8-10-7(14)5-17-8/h6,13H,1-5H2,(H,15,16)/t6-/m1/s1. The van der Waals surface area contributed by atoms with E-state index in [-0.39, 0.29) is 12.5 Å². The van der Waals surface area contributed by atoms with Crippen molar-refractivity contribution in [1.29, 1.82) is 0 Å². The fourth-order valence-electron chi connectivity index (χ4n) is 1.90. The first-order valence-electron chi connectivity index (χ1n) is 5.21. The third kappa shape index (κ3) is 2.52. The van der Waals surface area contributed by atoms with Crippen LogP contribution in [0.5, 0.6) is 0 Å². The molecule has 0 aromatic carbocycles. The van der Waals surface area contributed by atoms with Crippen molar-refractivity contribution in [2.75, 3.05) is 32.0 Å². The number of nitrogens with zero attached hydrogens (tertiary/aromatic N) is 3. The Hall–Kier alpha value is -1.28. The Bertz CT molecular complexity index is 373. The molecule has 0 radical (unpaired) electrons. The zero-order valence-electron chi connectivity index (χ0n) is 9.07. The van der Waals surface area contributed by atoms with Crippen LogP contribution in [-0.4, -0.2) is 75.2 Å². The highest BCUT2D eigenvalue weighted by Gasteiger charge is 2.32. The molecule has 0 bridgehead atoms. The number of aliphatic hydroxyl groups is 1. The lowest BCUT2D eigenvalue weighted by molar-refractivity contribution is -0.115. The molecule has 2 heterocycles. The number of thioether (sulfide) groups is 1. The minimum atomic E-state index is -1.03. The van der Waals surface area contributed by atoms with Gasteiger partial charge in [-0.1, -0.05) is 11.8 Å². The van der Waals surface area contributed by atoms with Gasteiger partial charge in [0.05, 0.1) is 18.4 Å². The molecule has 2 N–H and O–H groups in total. The Balaban J connectivity index is 2.03. The Morgan fingerprint density at radius 1 is 1.53 bits per heavy atom. The molecule has 7 nitrogen and oxygen atoms in total. The number of hydrogen-bond acceptors (Lipinski definition) is 5. The topological polar surface area (TPSA) is 93.4 Å². The highest BCUT2D eigenvalue weighted by molar-refractivity contribution is 8.14. The maximum Gasteiger partial charge on any atom is 0.407 e. The van der Waals surface area contributed by atoms with Crippen LogP contribution in [0.3, 0.4) is 0 Å². The average molecular weight is 259 g/mol. The predicted molar refractivity (Wildman–Crippen MR) is 62.1 cm³/mol. The zero-order valence-corrected chi connectivity index (χ0v) is 9.89.